The lowest BCUT2D eigenvalue weighted by Gasteiger charge is -2.40. The third-order valence-corrected chi connectivity index (χ3v) is 5.11. The van der Waals surface area contributed by atoms with E-state index >= 15 is 0 Å². The zero-order valence-electron chi connectivity index (χ0n) is 11.7. The molecular formula is C16H23ClO2. The van der Waals surface area contributed by atoms with Crippen molar-refractivity contribution in [2.75, 3.05) is 6.61 Å². The first-order valence-electron chi connectivity index (χ1n) is 6.97. The first-order chi connectivity index (χ1) is 8.89. The molecule has 19 heavy (non-hydrogen) atoms. The number of hydrogen-bond acceptors (Lipinski definition) is 2. The van der Waals surface area contributed by atoms with E-state index in [4.69, 9.17) is 11.6 Å². The Morgan fingerprint density at radius 3 is 2.47 bits per heavy atom. The molecule has 0 saturated heterocycles. The van der Waals surface area contributed by atoms with E-state index in [2.05, 4.69) is 13.8 Å². The summed E-state index contributed by atoms with van der Waals surface area (Å²) in [6.45, 7) is 4.24. The molecular weight excluding hydrogens is 260 g/mol. The van der Waals surface area contributed by atoms with Crippen molar-refractivity contribution in [1.82, 2.24) is 0 Å². The molecule has 0 amide bonds. The van der Waals surface area contributed by atoms with E-state index in [1.807, 2.05) is 24.3 Å². The molecule has 1 aliphatic carbocycles. The van der Waals surface area contributed by atoms with Crippen molar-refractivity contribution in [3.8, 4) is 0 Å². The van der Waals surface area contributed by atoms with Crippen LogP contribution < -0.4 is 0 Å². The molecule has 2 nitrogen and oxygen atoms in total. The molecule has 0 spiro atoms. The van der Waals surface area contributed by atoms with Crippen molar-refractivity contribution in [3.05, 3.63) is 34.9 Å². The van der Waals surface area contributed by atoms with E-state index in [0.29, 0.717) is 6.42 Å². The Balaban J connectivity index is 2.17. The van der Waals surface area contributed by atoms with Gasteiger partial charge in [-0.1, -0.05) is 37.6 Å². The smallest absolute Gasteiger partial charge is 0.0751 e. The minimum absolute atomic E-state index is 0.0387. The Bertz CT molecular complexity index is 427. The maximum atomic E-state index is 11.0. The molecule has 0 bridgehead atoms. The Hall–Kier alpha value is -0.570. The van der Waals surface area contributed by atoms with Gasteiger partial charge in [0.2, 0.25) is 0 Å². The lowest BCUT2D eigenvalue weighted by Crippen LogP contribution is -2.46. The van der Waals surface area contributed by atoms with Gasteiger partial charge < -0.3 is 10.2 Å². The number of aliphatic hydroxyl groups excluding tert-OH is 1. The van der Waals surface area contributed by atoms with Crippen LogP contribution in [-0.4, -0.2) is 22.4 Å². The molecule has 0 aromatic heterocycles. The van der Waals surface area contributed by atoms with Crippen LogP contribution in [0.3, 0.4) is 0 Å². The van der Waals surface area contributed by atoms with Crippen LogP contribution in [0.2, 0.25) is 5.02 Å². The van der Waals surface area contributed by atoms with Crippen LogP contribution in [0, 0.1) is 11.3 Å². The number of halogens is 1. The van der Waals surface area contributed by atoms with E-state index in [1.54, 1.807) is 0 Å². The molecule has 1 fully saturated rings. The van der Waals surface area contributed by atoms with Crippen LogP contribution in [-0.2, 0) is 6.42 Å². The average molecular weight is 283 g/mol. The van der Waals surface area contributed by atoms with Gasteiger partial charge in [0.05, 0.1) is 5.60 Å². The highest BCUT2D eigenvalue weighted by molar-refractivity contribution is 6.30. The summed E-state index contributed by atoms with van der Waals surface area (Å²) in [5.41, 5.74) is 0.289. The molecule has 2 atom stereocenters. The van der Waals surface area contributed by atoms with Gasteiger partial charge in [-0.15, -0.1) is 0 Å². The molecule has 1 aromatic carbocycles. The topological polar surface area (TPSA) is 40.5 Å². The van der Waals surface area contributed by atoms with Gasteiger partial charge in [-0.05, 0) is 48.3 Å². The summed E-state index contributed by atoms with van der Waals surface area (Å²) < 4.78 is 0. The number of hydrogen-bond donors (Lipinski definition) is 2. The van der Waals surface area contributed by atoms with Crippen molar-refractivity contribution in [2.45, 2.75) is 45.1 Å². The SMILES string of the molecule is CC1(C)CCC(Cc2ccc(Cl)cc2)C1(O)CCO. The number of benzene rings is 1. The summed E-state index contributed by atoms with van der Waals surface area (Å²) in [6.07, 6.45) is 3.31. The average Bonchev–Trinajstić information content (AvgIpc) is 2.56. The monoisotopic (exact) mass is 282 g/mol. The van der Waals surface area contributed by atoms with Gasteiger partial charge in [0.15, 0.2) is 0 Å². The molecule has 2 unspecified atom stereocenters. The van der Waals surface area contributed by atoms with Gasteiger partial charge in [-0.2, -0.15) is 0 Å². The van der Waals surface area contributed by atoms with E-state index in [9.17, 15) is 10.2 Å². The van der Waals surface area contributed by atoms with E-state index in [1.165, 1.54) is 5.56 Å². The van der Waals surface area contributed by atoms with Crippen LogP contribution in [0.4, 0.5) is 0 Å². The molecule has 1 aliphatic rings. The Kier molecular flexibility index (Phi) is 4.24. The van der Waals surface area contributed by atoms with Crippen LogP contribution in [0.25, 0.3) is 0 Å². The van der Waals surface area contributed by atoms with Crippen LogP contribution in [0.15, 0.2) is 24.3 Å². The molecule has 106 valence electrons. The van der Waals surface area contributed by atoms with Gasteiger partial charge in [0.1, 0.15) is 0 Å². The minimum Gasteiger partial charge on any atom is -0.396 e. The van der Waals surface area contributed by atoms with Gasteiger partial charge in [-0.3, -0.25) is 0 Å². The fourth-order valence-corrected chi connectivity index (χ4v) is 3.56. The fraction of sp³-hybridized carbons (Fsp3) is 0.625. The fourth-order valence-electron chi connectivity index (χ4n) is 3.43. The van der Waals surface area contributed by atoms with Crippen molar-refractivity contribution in [2.24, 2.45) is 11.3 Å². The lowest BCUT2D eigenvalue weighted by atomic mass is 9.71. The van der Waals surface area contributed by atoms with E-state index in [-0.39, 0.29) is 17.9 Å². The molecule has 3 heteroatoms. The van der Waals surface area contributed by atoms with E-state index in [0.717, 1.165) is 24.3 Å². The quantitative estimate of drug-likeness (QED) is 0.888. The van der Waals surface area contributed by atoms with Crippen molar-refractivity contribution < 1.29 is 10.2 Å². The maximum absolute atomic E-state index is 11.0. The molecule has 1 aromatic rings. The number of rotatable bonds is 4. The summed E-state index contributed by atoms with van der Waals surface area (Å²) in [5.74, 6) is 0.204. The Morgan fingerprint density at radius 2 is 1.89 bits per heavy atom. The summed E-state index contributed by atoms with van der Waals surface area (Å²) in [4.78, 5) is 0. The molecule has 1 saturated carbocycles. The predicted molar refractivity (Wildman–Crippen MR) is 78.3 cm³/mol. The standard InChI is InChI=1S/C16H23ClO2/c1-15(2)8-7-13(16(15,19)9-10-18)11-12-3-5-14(17)6-4-12/h3-6,13,18-19H,7-11H2,1-2H3. The zero-order chi connectivity index (χ0) is 14.1. The summed E-state index contributed by atoms with van der Waals surface area (Å²) >= 11 is 5.90. The minimum atomic E-state index is -0.776. The largest absolute Gasteiger partial charge is 0.396 e. The zero-order valence-corrected chi connectivity index (χ0v) is 12.5. The molecule has 0 radical (unpaired) electrons. The highest BCUT2D eigenvalue weighted by atomic mass is 35.5. The van der Waals surface area contributed by atoms with Crippen molar-refractivity contribution in [3.63, 3.8) is 0 Å². The van der Waals surface area contributed by atoms with Crippen LogP contribution >= 0.6 is 11.6 Å². The second-order valence-corrected chi connectivity index (χ2v) is 6.78. The van der Waals surface area contributed by atoms with Crippen LogP contribution in [0.1, 0.15) is 38.7 Å². The lowest BCUT2D eigenvalue weighted by molar-refractivity contribution is -0.0901. The van der Waals surface area contributed by atoms with Gasteiger partial charge in [-0.25, -0.2) is 0 Å². The van der Waals surface area contributed by atoms with Gasteiger partial charge in [0.25, 0.3) is 0 Å². The summed E-state index contributed by atoms with van der Waals surface area (Å²) in [5, 5.41) is 21.0. The molecule has 0 heterocycles. The normalized spacial score (nSPS) is 29.6. The molecule has 0 aliphatic heterocycles. The second-order valence-electron chi connectivity index (χ2n) is 6.35. The van der Waals surface area contributed by atoms with Crippen molar-refractivity contribution >= 4 is 11.6 Å². The Morgan fingerprint density at radius 1 is 1.26 bits per heavy atom. The highest BCUT2D eigenvalue weighted by Gasteiger charge is 2.53. The molecule has 2 N–H and O–H groups in total. The van der Waals surface area contributed by atoms with Crippen molar-refractivity contribution in [1.29, 1.82) is 0 Å². The van der Waals surface area contributed by atoms with E-state index < -0.39 is 5.60 Å². The predicted octanol–water partition coefficient (Wildman–Crippen LogP) is 3.43. The van der Waals surface area contributed by atoms with Crippen LogP contribution in [0.5, 0.6) is 0 Å². The first-order valence-corrected chi connectivity index (χ1v) is 7.34. The summed E-state index contributed by atoms with van der Waals surface area (Å²) in [7, 11) is 0. The third kappa shape index (κ3) is 2.81. The first kappa shape index (κ1) is 14.8. The third-order valence-electron chi connectivity index (χ3n) is 4.85. The summed E-state index contributed by atoms with van der Waals surface area (Å²) in [6, 6.07) is 7.82. The second kappa shape index (κ2) is 5.43. The number of aliphatic hydroxyl groups is 2. The highest BCUT2D eigenvalue weighted by Crippen LogP contribution is 2.52. The Labute approximate surface area is 120 Å². The van der Waals surface area contributed by atoms with Gasteiger partial charge >= 0.3 is 0 Å². The molecule has 2 rings (SSSR count). The van der Waals surface area contributed by atoms with Gasteiger partial charge in [0, 0.05) is 18.1 Å². The maximum Gasteiger partial charge on any atom is 0.0751 e.